The minimum atomic E-state index is -3.26. The van der Waals surface area contributed by atoms with Crippen LogP contribution in [0.4, 0.5) is 4.79 Å². The quantitative estimate of drug-likeness (QED) is 0.695. The number of hydrogen-bond acceptors (Lipinski definition) is 4. The highest BCUT2D eigenvalue weighted by molar-refractivity contribution is 7.88. The van der Waals surface area contributed by atoms with E-state index < -0.39 is 10.0 Å². The van der Waals surface area contributed by atoms with Crippen LogP contribution in [-0.4, -0.2) is 52.0 Å². The van der Waals surface area contributed by atoms with Crippen LogP contribution in [0.3, 0.4) is 0 Å². The van der Waals surface area contributed by atoms with Gasteiger partial charge in [-0.3, -0.25) is 0 Å². The molecule has 0 aromatic heterocycles. The van der Waals surface area contributed by atoms with E-state index in [1.54, 1.807) is 0 Å². The molecule has 2 amide bonds. The highest BCUT2D eigenvalue weighted by Crippen LogP contribution is 2.19. The van der Waals surface area contributed by atoms with Crippen molar-refractivity contribution in [2.24, 2.45) is 0 Å². The Labute approximate surface area is 126 Å². The summed E-state index contributed by atoms with van der Waals surface area (Å²) in [5, 5.41) is 5.80. The molecule has 3 atom stereocenters. The van der Waals surface area contributed by atoms with Crippen molar-refractivity contribution in [3.8, 4) is 0 Å². The standard InChI is InChI=1S/C13H25N3O4S/c1-21(18,19)16-12-7-3-2-6-11(12)15-13(17)14-10-5-4-8-20-9-10/h10-12,16H,2-9H2,1H3,(H2,14,15,17)/t10?,11-,12-/m1/s1. The molecular formula is C13H25N3O4S. The molecule has 122 valence electrons. The van der Waals surface area contributed by atoms with Crippen LogP contribution in [0.1, 0.15) is 38.5 Å². The second kappa shape index (κ2) is 7.42. The lowest BCUT2D eigenvalue weighted by Gasteiger charge is -2.33. The third-order valence-electron chi connectivity index (χ3n) is 3.94. The fourth-order valence-corrected chi connectivity index (χ4v) is 3.80. The molecule has 1 aliphatic carbocycles. The Balaban J connectivity index is 1.84. The van der Waals surface area contributed by atoms with Gasteiger partial charge in [0.05, 0.1) is 18.9 Å². The number of hydrogen-bond donors (Lipinski definition) is 3. The molecule has 1 aliphatic heterocycles. The Morgan fingerprint density at radius 3 is 2.38 bits per heavy atom. The van der Waals surface area contributed by atoms with E-state index in [0.717, 1.165) is 51.4 Å². The molecule has 1 unspecified atom stereocenters. The summed E-state index contributed by atoms with van der Waals surface area (Å²) in [6.07, 6.45) is 6.54. The molecule has 7 nitrogen and oxygen atoms in total. The minimum Gasteiger partial charge on any atom is -0.379 e. The van der Waals surface area contributed by atoms with Crippen LogP contribution in [0.2, 0.25) is 0 Å². The lowest BCUT2D eigenvalue weighted by molar-refractivity contribution is 0.0728. The first-order valence-electron chi connectivity index (χ1n) is 7.56. The summed E-state index contributed by atoms with van der Waals surface area (Å²) in [4.78, 5) is 12.0. The maximum absolute atomic E-state index is 12.0. The zero-order valence-electron chi connectivity index (χ0n) is 12.4. The molecule has 0 spiro atoms. The number of nitrogens with one attached hydrogen (secondary N) is 3. The van der Waals surface area contributed by atoms with Gasteiger partial charge in [-0.05, 0) is 25.7 Å². The summed E-state index contributed by atoms with van der Waals surface area (Å²) in [7, 11) is -3.26. The molecule has 1 saturated carbocycles. The van der Waals surface area contributed by atoms with E-state index in [1.807, 2.05) is 0 Å². The average Bonchev–Trinajstić information content (AvgIpc) is 2.40. The van der Waals surface area contributed by atoms with Crippen molar-refractivity contribution in [1.82, 2.24) is 15.4 Å². The summed E-state index contributed by atoms with van der Waals surface area (Å²) in [6.45, 7) is 1.30. The van der Waals surface area contributed by atoms with Crippen molar-refractivity contribution in [2.45, 2.75) is 56.7 Å². The van der Waals surface area contributed by atoms with Crippen LogP contribution in [0, 0.1) is 0 Å². The third kappa shape index (κ3) is 5.80. The van der Waals surface area contributed by atoms with Gasteiger partial charge in [0.25, 0.3) is 0 Å². The molecule has 1 saturated heterocycles. The van der Waals surface area contributed by atoms with Crippen molar-refractivity contribution in [1.29, 1.82) is 0 Å². The maximum atomic E-state index is 12.0. The zero-order chi connectivity index (χ0) is 15.3. The second-order valence-electron chi connectivity index (χ2n) is 5.92. The molecule has 3 N–H and O–H groups in total. The summed E-state index contributed by atoms with van der Waals surface area (Å²) in [5.74, 6) is 0. The summed E-state index contributed by atoms with van der Waals surface area (Å²) in [5.41, 5.74) is 0. The van der Waals surface area contributed by atoms with E-state index >= 15 is 0 Å². The predicted octanol–water partition coefficient (Wildman–Crippen LogP) is 0.325. The first kappa shape index (κ1) is 16.5. The Bertz CT molecular complexity index is 448. The number of carbonyl (C=O) groups excluding carboxylic acids is 1. The van der Waals surface area contributed by atoms with Crippen LogP contribution >= 0.6 is 0 Å². The van der Waals surface area contributed by atoms with Gasteiger partial charge >= 0.3 is 6.03 Å². The Kier molecular flexibility index (Phi) is 5.83. The molecule has 2 fully saturated rings. The van der Waals surface area contributed by atoms with E-state index in [9.17, 15) is 13.2 Å². The topological polar surface area (TPSA) is 96.5 Å². The van der Waals surface area contributed by atoms with Gasteiger partial charge in [-0.15, -0.1) is 0 Å². The molecule has 0 aromatic rings. The van der Waals surface area contributed by atoms with E-state index in [0.29, 0.717) is 6.61 Å². The van der Waals surface area contributed by atoms with Gasteiger partial charge in [-0.25, -0.2) is 17.9 Å². The van der Waals surface area contributed by atoms with Crippen molar-refractivity contribution in [3.63, 3.8) is 0 Å². The average molecular weight is 319 g/mol. The molecular weight excluding hydrogens is 294 g/mol. The largest absolute Gasteiger partial charge is 0.379 e. The molecule has 0 bridgehead atoms. The first-order chi connectivity index (χ1) is 9.94. The predicted molar refractivity (Wildman–Crippen MR) is 79.5 cm³/mol. The minimum absolute atomic E-state index is 0.0451. The van der Waals surface area contributed by atoms with Crippen molar-refractivity contribution >= 4 is 16.1 Å². The second-order valence-corrected chi connectivity index (χ2v) is 7.70. The van der Waals surface area contributed by atoms with Crippen LogP contribution < -0.4 is 15.4 Å². The van der Waals surface area contributed by atoms with Crippen molar-refractivity contribution < 1.29 is 17.9 Å². The normalized spacial score (nSPS) is 30.6. The molecule has 21 heavy (non-hydrogen) atoms. The smallest absolute Gasteiger partial charge is 0.315 e. The zero-order valence-corrected chi connectivity index (χ0v) is 13.2. The van der Waals surface area contributed by atoms with Gasteiger partial charge in [-0.1, -0.05) is 12.8 Å². The Morgan fingerprint density at radius 1 is 1.05 bits per heavy atom. The van der Waals surface area contributed by atoms with Gasteiger partial charge in [0.2, 0.25) is 10.0 Å². The third-order valence-corrected chi connectivity index (χ3v) is 4.67. The molecule has 2 aliphatic rings. The Morgan fingerprint density at radius 2 is 1.76 bits per heavy atom. The summed E-state index contributed by atoms with van der Waals surface area (Å²) >= 11 is 0. The van der Waals surface area contributed by atoms with E-state index in [4.69, 9.17) is 4.74 Å². The highest BCUT2D eigenvalue weighted by Gasteiger charge is 2.29. The number of urea groups is 1. The van der Waals surface area contributed by atoms with Gasteiger partial charge < -0.3 is 15.4 Å². The van der Waals surface area contributed by atoms with Crippen LogP contribution in [0.15, 0.2) is 0 Å². The van der Waals surface area contributed by atoms with E-state index in [1.165, 1.54) is 0 Å². The number of sulfonamides is 1. The van der Waals surface area contributed by atoms with E-state index in [2.05, 4.69) is 15.4 Å². The fourth-order valence-electron chi connectivity index (χ4n) is 2.97. The van der Waals surface area contributed by atoms with Crippen LogP contribution in [0.25, 0.3) is 0 Å². The van der Waals surface area contributed by atoms with Gasteiger partial charge in [0.15, 0.2) is 0 Å². The number of rotatable bonds is 4. The monoisotopic (exact) mass is 319 g/mol. The maximum Gasteiger partial charge on any atom is 0.315 e. The number of ether oxygens (including phenoxy) is 1. The van der Waals surface area contributed by atoms with Crippen molar-refractivity contribution in [2.75, 3.05) is 19.5 Å². The Hall–Kier alpha value is -0.860. The SMILES string of the molecule is CS(=O)(=O)N[C@@H]1CCCC[C@H]1NC(=O)NC1CCCOC1. The van der Waals surface area contributed by atoms with Crippen molar-refractivity contribution in [3.05, 3.63) is 0 Å². The van der Waals surface area contributed by atoms with E-state index in [-0.39, 0.29) is 24.2 Å². The van der Waals surface area contributed by atoms with Gasteiger partial charge in [0, 0.05) is 18.7 Å². The summed E-state index contributed by atoms with van der Waals surface area (Å²) < 4.78 is 30.7. The molecule has 0 aromatic carbocycles. The highest BCUT2D eigenvalue weighted by atomic mass is 32.2. The first-order valence-corrected chi connectivity index (χ1v) is 9.45. The number of carbonyl (C=O) groups is 1. The van der Waals surface area contributed by atoms with Gasteiger partial charge in [-0.2, -0.15) is 0 Å². The number of amides is 2. The molecule has 0 radical (unpaired) electrons. The fraction of sp³-hybridized carbons (Fsp3) is 0.923. The molecule has 1 heterocycles. The van der Waals surface area contributed by atoms with Crippen LogP contribution in [0.5, 0.6) is 0 Å². The molecule has 2 rings (SSSR count). The lowest BCUT2D eigenvalue weighted by atomic mass is 9.91. The summed E-state index contributed by atoms with van der Waals surface area (Å²) in [6, 6.07) is -0.568. The van der Waals surface area contributed by atoms with Crippen LogP contribution in [-0.2, 0) is 14.8 Å². The van der Waals surface area contributed by atoms with Gasteiger partial charge in [0.1, 0.15) is 0 Å². The molecule has 8 heteroatoms. The lowest BCUT2D eigenvalue weighted by Crippen LogP contribution is -2.56.